The average molecular weight is 311 g/mol. The van der Waals surface area contributed by atoms with Crippen LogP contribution in [0.3, 0.4) is 0 Å². The predicted molar refractivity (Wildman–Crippen MR) is 78.2 cm³/mol. The summed E-state index contributed by atoms with van der Waals surface area (Å²) in [4.78, 5) is 0.331. The van der Waals surface area contributed by atoms with E-state index >= 15 is 0 Å². The highest BCUT2D eigenvalue weighted by molar-refractivity contribution is 7.89. The molecule has 2 aliphatic rings. The van der Waals surface area contributed by atoms with E-state index in [0.29, 0.717) is 30.8 Å². The first-order chi connectivity index (χ1) is 9.85. The molecule has 5 nitrogen and oxygen atoms in total. The zero-order valence-corrected chi connectivity index (χ0v) is 12.9. The molecule has 0 aromatic heterocycles. The molecule has 6 heteroatoms. The van der Waals surface area contributed by atoms with E-state index in [9.17, 15) is 18.6 Å². The number of benzene rings is 1. The number of sulfonamides is 1. The predicted octanol–water partition coefficient (Wildman–Crippen LogP) is 0.751. The molecule has 0 amide bonds. The second-order valence-electron chi connectivity index (χ2n) is 6.76. The average Bonchev–Trinajstić information content (AvgIpc) is 2.37. The summed E-state index contributed by atoms with van der Waals surface area (Å²) in [6.45, 7) is 2.84. The third kappa shape index (κ3) is 2.30. The summed E-state index contributed by atoms with van der Waals surface area (Å²) >= 11 is 0. The summed E-state index contributed by atoms with van der Waals surface area (Å²) < 4.78 is 26.5. The first-order valence-corrected chi connectivity index (χ1v) is 8.57. The molecule has 1 aliphatic carbocycles. The molecule has 21 heavy (non-hydrogen) atoms. The lowest BCUT2D eigenvalue weighted by molar-refractivity contribution is -0.153. The number of aliphatic hydroxyl groups is 2. The summed E-state index contributed by atoms with van der Waals surface area (Å²) in [5, 5.41) is 18.7. The van der Waals surface area contributed by atoms with E-state index in [4.69, 9.17) is 0 Å². The topological polar surface area (TPSA) is 77.8 Å². The van der Waals surface area contributed by atoms with Crippen molar-refractivity contribution in [1.29, 1.82) is 0 Å². The number of aliphatic hydroxyl groups excluding tert-OH is 2. The van der Waals surface area contributed by atoms with Crippen LogP contribution in [0.4, 0.5) is 0 Å². The van der Waals surface area contributed by atoms with Crippen molar-refractivity contribution in [3.8, 4) is 0 Å². The number of nitrogens with zero attached hydrogens (tertiary/aromatic N) is 1. The van der Waals surface area contributed by atoms with Crippen molar-refractivity contribution in [3.05, 3.63) is 29.8 Å². The van der Waals surface area contributed by atoms with Crippen LogP contribution in [0.2, 0.25) is 0 Å². The van der Waals surface area contributed by atoms with E-state index in [-0.39, 0.29) is 18.6 Å². The van der Waals surface area contributed by atoms with Crippen LogP contribution in [0.15, 0.2) is 29.2 Å². The number of hydrogen-bond acceptors (Lipinski definition) is 4. The van der Waals surface area contributed by atoms with Gasteiger partial charge >= 0.3 is 0 Å². The molecule has 1 spiro atoms. The minimum Gasteiger partial charge on any atom is -0.396 e. The summed E-state index contributed by atoms with van der Waals surface area (Å²) in [6.07, 6.45) is 1.40. The summed E-state index contributed by atoms with van der Waals surface area (Å²) in [5.41, 5.74) is 0.590. The van der Waals surface area contributed by atoms with Crippen molar-refractivity contribution in [3.63, 3.8) is 0 Å². The highest BCUT2D eigenvalue weighted by Gasteiger charge is 2.61. The van der Waals surface area contributed by atoms with Crippen molar-refractivity contribution in [2.45, 2.75) is 24.7 Å². The lowest BCUT2D eigenvalue weighted by Gasteiger charge is -2.62. The Morgan fingerprint density at radius 1 is 1.10 bits per heavy atom. The van der Waals surface area contributed by atoms with E-state index in [0.717, 1.165) is 5.56 Å². The molecule has 3 rings (SSSR count). The Kier molecular flexibility index (Phi) is 3.40. The van der Waals surface area contributed by atoms with Crippen molar-refractivity contribution in [2.75, 3.05) is 26.3 Å². The highest BCUT2D eigenvalue weighted by atomic mass is 32.2. The van der Waals surface area contributed by atoms with Crippen LogP contribution in [-0.4, -0.2) is 49.2 Å². The zero-order valence-electron chi connectivity index (χ0n) is 12.1. The molecule has 0 unspecified atom stereocenters. The van der Waals surface area contributed by atoms with Gasteiger partial charge in [-0.15, -0.1) is 0 Å². The molecule has 1 saturated heterocycles. The Morgan fingerprint density at radius 3 is 2.10 bits per heavy atom. The first kappa shape index (κ1) is 15.0. The minimum atomic E-state index is -3.41. The number of rotatable bonds is 4. The van der Waals surface area contributed by atoms with E-state index in [2.05, 4.69) is 0 Å². The molecule has 1 aromatic rings. The van der Waals surface area contributed by atoms with Gasteiger partial charge in [-0.05, 0) is 37.3 Å². The molecule has 1 heterocycles. The second-order valence-corrected chi connectivity index (χ2v) is 8.69. The van der Waals surface area contributed by atoms with Crippen molar-refractivity contribution in [1.82, 2.24) is 4.31 Å². The fraction of sp³-hybridized carbons (Fsp3) is 0.600. The Balaban J connectivity index is 1.68. The van der Waals surface area contributed by atoms with Gasteiger partial charge in [-0.25, -0.2) is 8.42 Å². The zero-order chi connectivity index (χ0) is 15.3. The van der Waals surface area contributed by atoms with Crippen LogP contribution >= 0.6 is 0 Å². The Labute approximate surface area is 125 Å². The largest absolute Gasteiger partial charge is 0.396 e. The normalized spacial score (nSPS) is 23.6. The molecular formula is C15H21NO4S. The number of aryl methyl sites for hydroxylation is 1. The monoisotopic (exact) mass is 311 g/mol. The summed E-state index contributed by atoms with van der Waals surface area (Å²) in [5.74, 6) is 0. The van der Waals surface area contributed by atoms with Crippen LogP contribution in [0.5, 0.6) is 0 Å². The van der Waals surface area contributed by atoms with Crippen LogP contribution < -0.4 is 0 Å². The molecule has 1 saturated carbocycles. The Bertz CT molecular complexity index is 618. The molecule has 0 radical (unpaired) electrons. The Hall–Kier alpha value is -0.950. The fourth-order valence-electron chi connectivity index (χ4n) is 3.77. The van der Waals surface area contributed by atoms with E-state index < -0.39 is 15.4 Å². The Morgan fingerprint density at radius 2 is 1.62 bits per heavy atom. The standard InChI is InChI=1S/C15H21NO4S/c1-12-2-4-13(5-3-12)21(19,20)16-8-14(9-16)6-15(7-14,10-17)11-18/h2-5,17-18H,6-11H2,1H3. The minimum absolute atomic E-state index is 0.0318. The van der Waals surface area contributed by atoms with Crippen LogP contribution in [0.25, 0.3) is 0 Å². The second kappa shape index (κ2) is 4.78. The molecule has 0 bridgehead atoms. The fourth-order valence-corrected chi connectivity index (χ4v) is 5.43. The van der Waals surface area contributed by atoms with Gasteiger partial charge in [-0.1, -0.05) is 17.7 Å². The van der Waals surface area contributed by atoms with Crippen LogP contribution in [-0.2, 0) is 10.0 Å². The van der Waals surface area contributed by atoms with Crippen LogP contribution in [0, 0.1) is 17.8 Å². The van der Waals surface area contributed by atoms with E-state index in [1.807, 2.05) is 6.92 Å². The van der Waals surface area contributed by atoms with Gasteiger partial charge in [0.25, 0.3) is 0 Å². The summed E-state index contributed by atoms with van der Waals surface area (Å²) in [6, 6.07) is 6.88. The quantitative estimate of drug-likeness (QED) is 0.860. The maximum absolute atomic E-state index is 12.5. The third-order valence-corrected chi connectivity index (χ3v) is 6.66. The van der Waals surface area contributed by atoms with Crippen LogP contribution in [0.1, 0.15) is 18.4 Å². The van der Waals surface area contributed by atoms with E-state index in [1.165, 1.54) is 4.31 Å². The van der Waals surface area contributed by atoms with Gasteiger partial charge < -0.3 is 10.2 Å². The van der Waals surface area contributed by atoms with Gasteiger partial charge in [0, 0.05) is 18.5 Å². The smallest absolute Gasteiger partial charge is 0.243 e. The maximum atomic E-state index is 12.5. The molecule has 0 atom stereocenters. The number of hydrogen-bond donors (Lipinski definition) is 2. The van der Waals surface area contributed by atoms with Gasteiger partial charge in [-0.2, -0.15) is 4.31 Å². The van der Waals surface area contributed by atoms with Gasteiger partial charge in [0.1, 0.15) is 0 Å². The SMILES string of the molecule is Cc1ccc(S(=O)(=O)N2CC3(C2)CC(CO)(CO)C3)cc1. The van der Waals surface area contributed by atoms with Crippen molar-refractivity contribution >= 4 is 10.0 Å². The molecular weight excluding hydrogens is 290 g/mol. The lowest BCUT2D eigenvalue weighted by atomic mass is 9.51. The van der Waals surface area contributed by atoms with Gasteiger partial charge in [0.2, 0.25) is 10.0 Å². The molecule has 2 fully saturated rings. The molecule has 116 valence electrons. The molecule has 2 N–H and O–H groups in total. The van der Waals surface area contributed by atoms with E-state index in [1.54, 1.807) is 24.3 Å². The van der Waals surface area contributed by atoms with Gasteiger partial charge in [0.05, 0.1) is 18.1 Å². The molecule has 1 aliphatic heterocycles. The van der Waals surface area contributed by atoms with Gasteiger partial charge in [-0.3, -0.25) is 0 Å². The maximum Gasteiger partial charge on any atom is 0.243 e. The summed E-state index contributed by atoms with van der Waals surface area (Å²) in [7, 11) is -3.41. The highest BCUT2D eigenvalue weighted by Crippen LogP contribution is 2.59. The molecule has 1 aromatic carbocycles. The van der Waals surface area contributed by atoms with Gasteiger partial charge in [0.15, 0.2) is 0 Å². The lowest BCUT2D eigenvalue weighted by Crippen LogP contribution is -2.68. The first-order valence-electron chi connectivity index (χ1n) is 7.13. The van der Waals surface area contributed by atoms with Crippen molar-refractivity contribution in [2.24, 2.45) is 10.8 Å². The third-order valence-electron chi connectivity index (χ3n) is 4.85. The van der Waals surface area contributed by atoms with Crippen molar-refractivity contribution < 1.29 is 18.6 Å².